The first-order chi connectivity index (χ1) is 20.0. The molecule has 3 N–H and O–H groups in total. The van der Waals surface area contributed by atoms with Crippen LogP contribution in [0.5, 0.6) is 5.75 Å². The summed E-state index contributed by atoms with van der Waals surface area (Å²) >= 11 is 7.77. The normalized spacial score (nSPS) is 21.3. The lowest BCUT2D eigenvalue weighted by Crippen LogP contribution is -2.65. The Morgan fingerprint density at radius 1 is 1.02 bits per heavy atom. The maximum atomic E-state index is 14.3. The van der Waals surface area contributed by atoms with Crippen molar-refractivity contribution >= 4 is 40.8 Å². The number of thiophene rings is 1. The molecule has 9 nitrogen and oxygen atoms in total. The van der Waals surface area contributed by atoms with Crippen molar-refractivity contribution in [3.8, 4) is 5.75 Å². The maximum Gasteiger partial charge on any atom is 0.415 e. The fourth-order valence-corrected chi connectivity index (χ4v) is 6.94. The minimum absolute atomic E-state index is 0.0436. The summed E-state index contributed by atoms with van der Waals surface area (Å²) in [6, 6.07) is 9.82. The molecule has 3 aliphatic rings. The molecule has 3 heterocycles. The van der Waals surface area contributed by atoms with Gasteiger partial charge in [0.2, 0.25) is 11.8 Å². The minimum Gasteiger partial charge on any atom is -0.409 e. The number of carbonyl (C=O) groups is 3. The summed E-state index contributed by atoms with van der Waals surface area (Å²) in [5, 5.41) is 12.4. The van der Waals surface area contributed by atoms with E-state index in [1.807, 2.05) is 17.5 Å². The molecule has 2 aliphatic heterocycles. The van der Waals surface area contributed by atoms with E-state index in [2.05, 4.69) is 16.0 Å². The van der Waals surface area contributed by atoms with Crippen molar-refractivity contribution < 1.29 is 19.1 Å². The largest absolute Gasteiger partial charge is 0.415 e. The number of hydrogen-bond donors (Lipinski definition) is 3. The van der Waals surface area contributed by atoms with Gasteiger partial charge in [-0.2, -0.15) is 0 Å². The van der Waals surface area contributed by atoms with Crippen molar-refractivity contribution in [1.82, 2.24) is 25.8 Å². The highest BCUT2D eigenvalue weighted by Gasteiger charge is 2.42. The van der Waals surface area contributed by atoms with Crippen LogP contribution in [0.1, 0.15) is 49.8 Å². The second-order valence-electron chi connectivity index (χ2n) is 11.2. The topological polar surface area (TPSA) is 103 Å². The highest BCUT2D eigenvalue weighted by Crippen LogP contribution is 2.27. The smallest absolute Gasteiger partial charge is 0.409 e. The quantitative estimate of drug-likeness (QED) is 0.422. The van der Waals surface area contributed by atoms with Crippen molar-refractivity contribution in [3.63, 3.8) is 0 Å². The lowest BCUT2D eigenvalue weighted by molar-refractivity contribution is -0.146. The molecule has 3 amide bonds. The number of ether oxygens (including phenoxy) is 1. The van der Waals surface area contributed by atoms with Gasteiger partial charge in [-0.05, 0) is 68.3 Å². The Bertz CT molecular complexity index is 1170. The molecule has 222 valence electrons. The van der Waals surface area contributed by atoms with Crippen molar-refractivity contribution in [2.24, 2.45) is 5.92 Å². The fraction of sp³-hybridized carbons (Fsp3) is 0.567. The number of piperazine rings is 1. The Balaban J connectivity index is 1.34. The summed E-state index contributed by atoms with van der Waals surface area (Å²) < 4.78 is 5.57. The Morgan fingerprint density at radius 2 is 1.80 bits per heavy atom. The number of nitrogens with one attached hydrogen (secondary N) is 3. The number of hydrogen-bond acceptors (Lipinski definition) is 7. The molecule has 2 aromatic rings. The Morgan fingerprint density at radius 3 is 2.54 bits per heavy atom. The zero-order valence-electron chi connectivity index (χ0n) is 23.4. The number of carbonyl (C=O) groups excluding carboxylic acids is 3. The Labute approximate surface area is 250 Å². The van der Waals surface area contributed by atoms with Gasteiger partial charge >= 0.3 is 6.09 Å². The molecule has 0 bridgehead atoms. The third-order valence-corrected chi connectivity index (χ3v) is 9.61. The predicted octanol–water partition coefficient (Wildman–Crippen LogP) is 4.02. The number of benzene rings is 1. The third kappa shape index (κ3) is 7.80. The number of nitrogens with zero attached hydrogens (tertiary/aromatic N) is 2. The second-order valence-corrected chi connectivity index (χ2v) is 12.6. The number of rotatable bonds is 8. The van der Waals surface area contributed by atoms with Crippen LogP contribution in [-0.2, 0) is 16.1 Å². The molecule has 3 fully saturated rings. The zero-order chi connectivity index (χ0) is 28.6. The monoisotopic (exact) mass is 601 g/mol. The van der Waals surface area contributed by atoms with Gasteiger partial charge in [0.1, 0.15) is 6.04 Å². The van der Waals surface area contributed by atoms with E-state index in [9.17, 15) is 14.4 Å². The summed E-state index contributed by atoms with van der Waals surface area (Å²) in [6.45, 7) is 2.71. The molecule has 1 saturated carbocycles. The number of amides is 3. The fourth-order valence-electron chi connectivity index (χ4n) is 6.12. The molecule has 0 spiro atoms. The number of para-hydroxylation sites is 1. The Kier molecular flexibility index (Phi) is 10.5. The summed E-state index contributed by atoms with van der Waals surface area (Å²) in [5.41, 5.74) is 0. The lowest BCUT2D eigenvalue weighted by atomic mass is 9.86. The van der Waals surface area contributed by atoms with Crippen LogP contribution in [0.2, 0.25) is 5.02 Å². The highest BCUT2D eigenvalue weighted by atomic mass is 35.5. The zero-order valence-corrected chi connectivity index (χ0v) is 24.9. The molecule has 0 radical (unpaired) electrons. The van der Waals surface area contributed by atoms with Crippen molar-refractivity contribution in [3.05, 3.63) is 51.7 Å². The average molecular weight is 602 g/mol. The van der Waals surface area contributed by atoms with E-state index in [0.29, 0.717) is 17.6 Å². The van der Waals surface area contributed by atoms with Gasteiger partial charge in [-0.3, -0.25) is 9.59 Å². The highest BCUT2D eigenvalue weighted by molar-refractivity contribution is 7.09. The molecule has 1 aromatic heterocycles. The van der Waals surface area contributed by atoms with Gasteiger partial charge in [-0.15, -0.1) is 11.3 Å². The van der Waals surface area contributed by atoms with E-state index in [1.165, 1.54) is 24.2 Å². The predicted molar refractivity (Wildman–Crippen MR) is 160 cm³/mol. The van der Waals surface area contributed by atoms with E-state index >= 15 is 0 Å². The van der Waals surface area contributed by atoms with Crippen LogP contribution >= 0.6 is 22.9 Å². The first-order valence-corrected chi connectivity index (χ1v) is 16.0. The molecular formula is C30H40ClN5O4S. The Hall–Kier alpha value is -2.66. The standard InChI is InChI=1S/C30H40ClN5O4S/c31-24-10-4-5-11-26(24)40-30(39)35-16-17-36(25(20-35)28(37)33-19-23-9-6-18-41-23)29(38)27(21-12-14-32-15-13-21)34-22-7-2-1-3-8-22/h4-6,9-11,18,21-22,25,27,32,34H,1-3,7-8,12-17,19-20H2,(H,33,37)/t25-,27+/m0/s1. The maximum absolute atomic E-state index is 14.3. The summed E-state index contributed by atoms with van der Waals surface area (Å²) in [6.07, 6.45) is 6.96. The molecule has 11 heteroatoms. The van der Waals surface area contributed by atoms with Gasteiger partial charge < -0.3 is 30.5 Å². The molecule has 41 heavy (non-hydrogen) atoms. The molecular weight excluding hydrogens is 562 g/mol. The molecule has 2 atom stereocenters. The summed E-state index contributed by atoms with van der Waals surface area (Å²) in [7, 11) is 0. The molecule has 0 unspecified atom stereocenters. The van der Waals surface area contributed by atoms with E-state index < -0.39 is 12.1 Å². The van der Waals surface area contributed by atoms with Crippen LogP contribution in [0.4, 0.5) is 4.79 Å². The van der Waals surface area contributed by atoms with Crippen LogP contribution in [0.3, 0.4) is 0 Å². The molecule has 1 aliphatic carbocycles. The van der Waals surface area contributed by atoms with Crippen LogP contribution < -0.4 is 20.7 Å². The third-order valence-electron chi connectivity index (χ3n) is 8.42. The van der Waals surface area contributed by atoms with Crippen LogP contribution in [-0.4, -0.2) is 78.6 Å². The van der Waals surface area contributed by atoms with Gasteiger partial charge in [0, 0.05) is 24.0 Å². The molecule has 5 rings (SSSR count). The van der Waals surface area contributed by atoms with Gasteiger partial charge in [-0.1, -0.05) is 49.1 Å². The lowest BCUT2D eigenvalue weighted by Gasteiger charge is -2.43. The number of piperidine rings is 1. The summed E-state index contributed by atoms with van der Waals surface area (Å²) in [4.78, 5) is 45.4. The minimum atomic E-state index is -0.827. The first kappa shape index (κ1) is 29.8. The van der Waals surface area contributed by atoms with Gasteiger partial charge in [0.15, 0.2) is 5.75 Å². The summed E-state index contributed by atoms with van der Waals surface area (Å²) in [5.74, 6) is 0.143. The van der Waals surface area contributed by atoms with Crippen LogP contribution in [0.15, 0.2) is 41.8 Å². The van der Waals surface area contributed by atoms with Crippen LogP contribution in [0, 0.1) is 5.92 Å². The van der Waals surface area contributed by atoms with E-state index in [4.69, 9.17) is 16.3 Å². The van der Waals surface area contributed by atoms with Crippen molar-refractivity contribution in [1.29, 1.82) is 0 Å². The van der Waals surface area contributed by atoms with Gasteiger partial charge in [0.25, 0.3) is 0 Å². The molecule has 1 aromatic carbocycles. The van der Waals surface area contributed by atoms with Crippen LogP contribution in [0.25, 0.3) is 0 Å². The van der Waals surface area contributed by atoms with E-state index in [-0.39, 0.29) is 49.2 Å². The van der Waals surface area contributed by atoms with E-state index in [1.54, 1.807) is 40.5 Å². The second kappa shape index (κ2) is 14.5. The van der Waals surface area contributed by atoms with Crippen molar-refractivity contribution in [2.45, 2.75) is 69.6 Å². The average Bonchev–Trinajstić information content (AvgIpc) is 3.54. The SMILES string of the molecule is O=C(NCc1cccs1)[C@@H]1CN(C(=O)Oc2ccccc2Cl)CCN1C(=O)[C@H](NC1CCCCC1)C1CCNCC1. The first-order valence-electron chi connectivity index (χ1n) is 14.8. The number of halogens is 1. The van der Waals surface area contributed by atoms with Gasteiger partial charge in [0.05, 0.1) is 24.2 Å². The van der Waals surface area contributed by atoms with Crippen molar-refractivity contribution in [2.75, 3.05) is 32.7 Å². The van der Waals surface area contributed by atoms with Gasteiger partial charge in [-0.25, -0.2) is 4.79 Å². The molecule has 2 saturated heterocycles. The van der Waals surface area contributed by atoms with E-state index in [0.717, 1.165) is 43.6 Å².